The Labute approximate surface area is 125 Å². The molecular weight excluding hydrogens is 289 g/mol. The summed E-state index contributed by atoms with van der Waals surface area (Å²) in [5.41, 5.74) is 3.36. The lowest BCUT2D eigenvalue weighted by Gasteiger charge is -2.02. The first-order valence-corrected chi connectivity index (χ1v) is 6.31. The molecule has 0 aliphatic carbocycles. The highest BCUT2D eigenvalue weighted by atomic mass is 19.1. The maximum atomic E-state index is 13.0. The molecule has 0 spiro atoms. The van der Waals surface area contributed by atoms with Gasteiger partial charge in [0.15, 0.2) is 0 Å². The fourth-order valence-corrected chi connectivity index (χ4v) is 1.82. The van der Waals surface area contributed by atoms with Crippen molar-refractivity contribution in [2.45, 2.75) is 6.92 Å². The molecule has 7 heteroatoms. The highest BCUT2D eigenvalue weighted by molar-refractivity contribution is 5.95. The number of amides is 1. The van der Waals surface area contributed by atoms with E-state index in [2.05, 4.69) is 10.5 Å². The molecule has 0 saturated carbocycles. The quantitative estimate of drug-likeness (QED) is 0.535. The summed E-state index contributed by atoms with van der Waals surface area (Å²) in [5.74, 6) is -0.910. The number of rotatable bonds is 4. The zero-order valence-corrected chi connectivity index (χ0v) is 11.6. The molecule has 0 atom stereocenters. The van der Waals surface area contributed by atoms with E-state index >= 15 is 0 Å². The predicted molar refractivity (Wildman–Crippen MR) is 79.3 cm³/mol. The molecule has 0 aromatic heterocycles. The first-order chi connectivity index (χ1) is 10.5. The van der Waals surface area contributed by atoms with E-state index in [0.717, 1.165) is 0 Å². The van der Waals surface area contributed by atoms with Gasteiger partial charge in [0.25, 0.3) is 11.6 Å². The van der Waals surface area contributed by atoms with Gasteiger partial charge in [0.05, 0.1) is 11.1 Å². The third-order valence-electron chi connectivity index (χ3n) is 2.88. The molecule has 0 bridgehead atoms. The summed E-state index contributed by atoms with van der Waals surface area (Å²) in [6.45, 7) is 1.55. The van der Waals surface area contributed by atoms with Crippen LogP contribution in [0.5, 0.6) is 0 Å². The molecule has 0 heterocycles. The first-order valence-electron chi connectivity index (χ1n) is 6.31. The van der Waals surface area contributed by atoms with Crippen LogP contribution in [0.3, 0.4) is 0 Å². The summed E-state index contributed by atoms with van der Waals surface area (Å²) in [7, 11) is 0. The SMILES string of the molecule is Cc1cc(C(=O)N/N=C/c2cccc(F)c2)ccc1[N+](=O)[O-]. The third-order valence-corrected chi connectivity index (χ3v) is 2.88. The second-order valence-corrected chi connectivity index (χ2v) is 4.51. The van der Waals surface area contributed by atoms with Crippen molar-refractivity contribution >= 4 is 17.8 Å². The molecule has 0 aliphatic rings. The zero-order chi connectivity index (χ0) is 16.1. The van der Waals surface area contributed by atoms with E-state index in [0.29, 0.717) is 11.1 Å². The molecular formula is C15H12FN3O3. The summed E-state index contributed by atoms with van der Waals surface area (Å²) < 4.78 is 13.0. The second kappa shape index (κ2) is 6.57. The van der Waals surface area contributed by atoms with Crippen LogP contribution in [-0.2, 0) is 0 Å². The van der Waals surface area contributed by atoms with E-state index in [1.807, 2.05) is 0 Å². The number of hydrogen-bond donors (Lipinski definition) is 1. The molecule has 1 amide bonds. The molecule has 6 nitrogen and oxygen atoms in total. The van der Waals surface area contributed by atoms with Crippen LogP contribution in [0.4, 0.5) is 10.1 Å². The fourth-order valence-electron chi connectivity index (χ4n) is 1.82. The topological polar surface area (TPSA) is 84.6 Å². The number of nitro groups is 1. The summed E-state index contributed by atoms with van der Waals surface area (Å²) >= 11 is 0. The van der Waals surface area contributed by atoms with E-state index in [1.165, 1.54) is 42.6 Å². The van der Waals surface area contributed by atoms with Gasteiger partial charge in [-0.2, -0.15) is 5.10 Å². The molecule has 22 heavy (non-hydrogen) atoms. The minimum absolute atomic E-state index is 0.0557. The Balaban J connectivity index is 2.06. The average Bonchev–Trinajstić information content (AvgIpc) is 2.46. The van der Waals surface area contributed by atoms with Gasteiger partial charge >= 0.3 is 0 Å². The maximum Gasteiger partial charge on any atom is 0.272 e. The van der Waals surface area contributed by atoms with Crippen LogP contribution in [0.2, 0.25) is 0 Å². The van der Waals surface area contributed by atoms with Crippen LogP contribution >= 0.6 is 0 Å². The highest BCUT2D eigenvalue weighted by Crippen LogP contribution is 2.18. The maximum absolute atomic E-state index is 13.0. The van der Waals surface area contributed by atoms with Gasteiger partial charge in [-0.1, -0.05) is 12.1 Å². The number of halogens is 1. The van der Waals surface area contributed by atoms with Crippen molar-refractivity contribution in [3.05, 3.63) is 75.1 Å². The van der Waals surface area contributed by atoms with E-state index < -0.39 is 16.6 Å². The van der Waals surface area contributed by atoms with Gasteiger partial charge in [-0.05, 0) is 36.8 Å². The minimum atomic E-state index is -0.515. The number of hydrazone groups is 1. The lowest BCUT2D eigenvalue weighted by atomic mass is 10.1. The van der Waals surface area contributed by atoms with E-state index in [-0.39, 0.29) is 11.3 Å². The number of nitrogens with one attached hydrogen (secondary N) is 1. The van der Waals surface area contributed by atoms with Crippen LogP contribution in [-0.4, -0.2) is 17.0 Å². The van der Waals surface area contributed by atoms with Crippen molar-refractivity contribution in [1.29, 1.82) is 0 Å². The molecule has 0 unspecified atom stereocenters. The van der Waals surface area contributed by atoms with Crippen molar-refractivity contribution in [2.75, 3.05) is 0 Å². The smallest absolute Gasteiger partial charge is 0.267 e. The Kier molecular flexibility index (Phi) is 4.57. The van der Waals surface area contributed by atoms with Crippen LogP contribution in [0.25, 0.3) is 0 Å². The van der Waals surface area contributed by atoms with Gasteiger partial charge in [-0.15, -0.1) is 0 Å². The van der Waals surface area contributed by atoms with Gasteiger partial charge in [-0.3, -0.25) is 14.9 Å². The van der Waals surface area contributed by atoms with E-state index in [4.69, 9.17) is 0 Å². The molecule has 2 rings (SSSR count). The number of carbonyl (C=O) groups is 1. The second-order valence-electron chi connectivity index (χ2n) is 4.51. The van der Waals surface area contributed by atoms with Gasteiger partial charge in [-0.25, -0.2) is 9.82 Å². The zero-order valence-electron chi connectivity index (χ0n) is 11.6. The number of nitrogens with zero attached hydrogens (tertiary/aromatic N) is 2. The normalized spacial score (nSPS) is 10.6. The minimum Gasteiger partial charge on any atom is -0.267 e. The Morgan fingerprint density at radius 1 is 1.32 bits per heavy atom. The fraction of sp³-hybridized carbons (Fsp3) is 0.0667. The molecule has 2 aromatic rings. The molecule has 1 N–H and O–H groups in total. The van der Waals surface area contributed by atoms with Gasteiger partial charge in [0, 0.05) is 17.2 Å². The highest BCUT2D eigenvalue weighted by Gasteiger charge is 2.13. The molecule has 0 radical (unpaired) electrons. The van der Waals surface area contributed by atoms with E-state index in [9.17, 15) is 19.3 Å². The lowest BCUT2D eigenvalue weighted by molar-refractivity contribution is -0.385. The van der Waals surface area contributed by atoms with Crippen molar-refractivity contribution in [2.24, 2.45) is 5.10 Å². The van der Waals surface area contributed by atoms with Crippen molar-refractivity contribution in [3.63, 3.8) is 0 Å². The molecule has 0 saturated heterocycles. The van der Waals surface area contributed by atoms with Crippen LogP contribution < -0.4 is 5.43 Å². The van der Waals surface area contributed by atoms with Crippen molar-refractivity contribution in [3.8, 4) is 0 Å². The number of nitro benzene ring substituents is 1. The van der Waals surface area contributed by atoms with Crippen LogP contribution in [0.15, 0.2) is 47.6 Å². The van der Waals surface area contributed by atoms with Crippen LogP contribution in [0.1, 0.15) is 21.5 Å². The summed E-state index contributed by atoms with van der Waals surface area (Å²) in [5, 5.41) is 14.4. The van der Waals surface area contributed by atoms with E-state index in [1.54, 1.807) is 13.0 Å². The number of carbonyl (C=O) groups excluding carboxylic acids is 1. The number of aryl methyl sites for hydroxylation is 1. The summed E-state index contributed by atoms with van der Waals surface area (Å²) in [4.78, 5) is 22.1. The lowest BCUT2D eigenvalue weighted by Crippen LogP contribution is -2.17. The Bertz CT molecular complexity index is 759. The van der Waals surface area contributed by atoms with Gasteiger partial charge < -0.3 is 0 Å². The standard InChI is InChI=1S/C15H12FN3O3/c1-10-7-12(5-6-14(10)19(21)22)15(20)18-17-9-11-3-2-4-13(16)8-11/h2-9H,1H3,(H,18,20)/b17-9+. The van der Waals surface area contributed by atoms with Crippen molar-refractivity contribution < 1.29 is 14.1 Å². The van der Waals surface area contributed by atoms with Gasteiger partial charge in [0.1, 0.15) is 5.82 Å². The monoisotopic (exact) mass is 301 g/mol. The Hall–Kier alpha value is -3.09. The van der Waals surface area contributed by atoms with Gasteiger partial charge in [0.2, 0.25) is 0 Å². The largest absolute Gasteiger partial charge is 0.272 e. The number of benzene rings is 2. The third kappa shape index (κ3) is 3.72. The molecule has 112 valence electrons. The Morgan fingerprint density at radius 3 is 2.73 bits per heavy atom. The van der Waals surface area contributed by atoms with Crippen LogP contribution in [0, 0.1) is 22.9 Å². The number of hydrogen-bond acceptors (Lipinski definition) is 4. The summed E-state index contributed by atoms with van der Waals surface area (Å²) in [6.07, 6.45) is 1.30. The molecule has 2 aromatic carbocycles. The van der Waals surface area contributed by atoms with Crippen molar-refractivity contribution in [1.82, 2.24) is 5.43 Å². The first kappa shape index (κ1) is 15.3. The molecule has 0 fully saturated rings. The molecule has 0 aliphatic heterocycles. The predicted octanol–water partition coefficient (Wildman–Crippen LogP) is 2.81. The Morgan fingerprint density at radius 2 is 2.09 bits per heavy atom. The summed E-state index contributed by atoms with van der Waals surface area (Å²) in [6, 6.07) is 9.75. The average molecular weight is 301 g/mol.